The fourth-order valence-electron chi connectivity index (χ4n) is 3.29. The number of nitrogens with zero attached hydrogens (tertiary/aromatic N) is 2. The summed E-state index contributed by atoms with van der Waals surface area (Å²) in [6.45, 7) is 0. The number of imidazole rings is 1. The number of aromatic nitrogens is 2. The van der Waals surface area contributed by atoms with Crippen LogP contribution in [0.3, 0.4) is 0 Å². The van der Waals surface area contributed by atoms with Gasteiger partial charge in [-0.2, -0.15) is 0 Å². The summed E-state index contributed by atoms with van der Waals surface area (Å²) in [5, 5.41) is 7.06. The molecule has 0 radical (unpaired) electrons. The Morgan fingerprint density at radius 2 is 1.78 bits per heavy atom. The number of hydrogen-bond acceptors (Lipinski definition) is 3. The average molecular weight is 369 g/mol. The van der Waals surface area contributed by atoms with Crippen LogP contribution >= 0.6 is 11.3 Å². The number of fused-ring (bicyclic) bond motifs is 2. The van der Waals surface area contributed by atoms with Crippen molar-refractivity contribution in [1.82, 2.24) is 9.38 Å². The first kappa shape index (κ1) is 15.8. The van der Waals surface area contributed by atoms with Crippen molar-refractivity contribution in [3.63, 3.8) is 0 Å². The van der Waals surface area contributed by atoms with Crippen LogP contribution in [0, 0.1) is 0 Å². The van der Waals surface area contributed by atoms with E-state index in [2.05, 4.69) is 10.3 Å². The lowest BCUT2D eigenvalue weighted by molar-refractivity contribution is 0.102. The first-order valence-corrected chi connectivity index (χ1v) is 9.48. The number of nitrogens with one attached hydrogen (secondary N) is 1. The van der Waals surface area contributed by atoms with Gasteiger partial charge in [0.1, 0.15) is 0 Å². The Morgan fingerprint density at radius 3 is 2.70 bits per heavy atom. The number of carbonyl (C=O) groups excluding carboxylic acids is 1. The summed E-state index contributed by atoms with van der Waals surface area (Å²) in [6.07, 6.45) is 3.96. The molecule has 0 bridgehead atoms. The molecule has 5 aromatic rings. The maximum atomic E-state index is 13.0. The molecule has 5 heteroatoms. The second kappa shape index (κ2) is 6.37. The smallest absolute Gasteiger partial charge is 0.256 e. The lowest BCUT2D eigenvalue weighted by atomic mass is 10.0. The van der Waals surface area contributed by atoms with Crippen LogP contribution in [0.15, 0.2) is 84.5 Å². The Kier molecular flexibility index (Phi) is 3.73. The van der Waals surface area contributed by atoms with E-state index in [0.717, 1.165) is 32.7 Å². The maximum absolute atomic E-state index is 13.0. The minimum atomic E-state index is -0.125. The van der Waals surface area contributed by atoms with Crippen molar-refractivity contribution in [2.45, 2.75) is 0 Å². The first-order chi connectivity index (χ1) is 13.3. The average Bonchev–Trinajstić information content (AvgIpc) is 3.30. The first-order valence-electron chi connectivity index (χ1n) is 8.60. The molecule has 2 aromatic heterocycles. The minimum absolute atomic E-state index is 0.125. The van der Waals surface area contributed by atoms with Crippen LogP contribution in [-0.4, -0.2) is 15.3 Å². The van der Waals surface area contributed by atoms with Crippen molar-refractivity contribution in [1.29, 1.82) is 0 Å². The SMILES string of the molecule is O=C(Nc1ccccc1-c1cn2ccsc2n1)c1cccc2ccccc12. The van der Waals surface area contributed by atoms with Gasteiger partial charge in [0.25, 0.3) is 5.91 Å². The van der Waals surface area contributed by atoms with E-state index in [9.17, 15) is 4.79 Å². The van der Waals surface area contributed by atoms with E-state index >= 15 is 0 Å². The number of thiazole rings is 1. The third-order valence-corrected chi connectivity index (χ3v) is 5.35. The molecule has 0 aliphatic carbocycles. The number of carbonyl (C=O) groups is 1. The summed E-state index contributed by atoms with van der Waals surface area (Å²) in [6, 6.07) is 21.4. The summed E-state index contributed by atoms with van der Waals surface area (Å²) in [5.74, 6) is -0.125. The molecule has 27 heavy (non-hydrogen) atoms. The molecule has 0 saturated carbocycles. The molecule has 0 unspecified atom stereocenters. The van der Waals surface area contributed by atoms with Crippen molar-refractivity contribution in [2.75, 3.05) is 5.32 Å². The standard InChI is InChI=1S/C22H15N3OS/c26-21(17-10-5-7-15-6-1-2-8-16(15)17)23-19-11-4-3-9-18(19)20-14-25-12-13-27-22(25)24-20/h1-14H,(H,23,26). The van der Waals surface area contributed by atoms with E-state index in [4.69, 9.17) is 0 Å². The van der Waals surface area contributed by atoms with Crippen molar-refractivity contribution in [3.05, 3.63) is 90.1 Å². The van der Waals surface area contributed by atoms with Gasteiger partial charge in [-0.25, -0.2) is 4.98 Å². The second-order valence-electron chi connectivity index (χ2n) is 6.25. The third-order valence-electron chi connectivity index (χ3n) is 4.58. The highest BCUT2D eigenvalue weighted by atomic mass is 32.1. The van der Waals surface area contributed by atoms with Gasteiger partial charge < -0.3 is 5.32 Å². The zero-order chi connectivity index (χ0) is 18.2. The van der Waals surface area contributed by atoms with E-state index in [1.54, 1.807) is 11.3 Å². The zero-order valence-electron chi connectivity index (χ0n) is 14.3. The van der Waals surface area contributed by atoms with Crippen molar-refractivity contribution in [2.24, 2.45) is 0 Å². The predicted octanol–water partition coefficient (Wildman–Crippen LogP) is 5.47. The van der Waals surface area contributed by atoms with Crippen LogP contribution in [0.1, 0.15) is 10.4 Å². The van der Waals surface area contributed by atoms with Gasteiger partial charge in [-0.3, -0.25) is 9.20 Å². The molecule has 0 aliphatic rings. The second-order valence-corrected chi connectivity index (χ2v) is 7.12. The van der Waals surface area contributed by atoms with E-state index < -0.39 is 0 Å². The number of hydrogen-bond donors (Lipinski definition) is 1. The molecule has 5 rings (SSSR count). The fourth-order valence-corrected chi connectivity index (χ4v) is 3.99. The largest absolute Gasteiger partial charge is 0.321 e. The van der Waals surface area contributed by atoms with Crippen LogP contribution < -0.4 is 5.32 Å². The van der Waals surface area contributed by atoms with E-state index in [1.807, 2.05) is 88.9 Å². The Morgan fingerprint density at radius 1 is 0.963 bits per heavy atom. The Balaban J connectivity index is 1.54. The summed E-state index contributed by atoms with van der Waals surface area (Å²) in [4.78, 5) is 18.6. The molecule has 0 saturated heterocycles. The molecule has 130 valence electrons. The number of benzene rings is 3. The molecule has 0 spiro atoms. The monoisotopic (exact) mass is 369 g/mol. The van der Waals surface area contributed by atoms with Gasteiger partial charge in [-0.05, 0) is 22.9 Å². The van der Waals surface area contributed by atoms with Crippen LogP contribution in [0.4, 0.5) is 5.69 Å². The van der Waals surface area contributed by atoms with Crippen LogP contribution in [-0.2, 0) is 0 Å². The predicted molar refractivity (Wildman–Crippen MR) is 110 cm³/mol. The van der Waals surface area contributed by atoms with Gasteiger partial charge in [0.2, 0.25) is 0 Å². The highest BCUT2D eigenvalue weighted by molar-refractivity contribution is 7.15. The van der Waals surface area contributed by atoms with Gasteiger partial charge in [-0.15, -0.1) is 11.3 Å². The van der Waals surface area contributed by atoms with Gasteiger partial charge in [-0.1, -0.05) is 54.6 Å². The van der Waals surface area contributed by atoms with E-state index in [-0.39, 0.29) is 5.91 Å². The highest BCUT2D eigenvalue weighted by Gasteiger charge is 2.14. The fraction of sp³-hybridized carbons (Fsp3) is 0. The molecule has 0 aliphatic heterocycles. The minimum Gasteiger partial charge on any atom is -0.321 e. The summed E-state index contributed by atoms with van der Waals surface area (Å²) >= 11 is 1.59. The van der Waals surface area contributed by atoms with Gasteiger partial charge >= 0.3 is 0 Å². The zero-order valence-corrected chi connectivity index (χ0v) is 15.1. The molecule has 4 nitrogen and oxygen atoms in total. The van der Waals surface area contributed by atoms with Gasteiger partial charge in [0, 0.05) is 28.9 Å². The van der Waals surface area contributed by atoms with Crippen molar-refractivity contribution in [3.8, 4) is 11.3 Å². The van der Waals surface area contributed by atoms with Gasteiger partial charge in [0.05, 0.1) is 11.4 Å². The molecular weight excluding hydrogens is 354 g/mol. The quantitative estimate of drug-likeness (QED) is 0.458. The lowest BCUT2D eigenvalue weighted by Gasteiger charge is -2.11. The Hall–Kier alpha value is -3.44. The van der Waals surface area contributed by atoms with E-state index in [0.29, 0.717) is 5.56 Å². The van der Waals surface area contributed by atoms with Crippen molar-refractivity contribution < 1.29 is 4.79 Å². The molecular formula is C22H15N3OS. The molecule has 1 N–H and O–H groups in total. The Labute approximate surface area is 159 Å². The Bertz CT molecular complexity index is 1250. The molecule has 3 aromatic carbocycles. The van der Waals surface area contributed by atoms with Crippen LogP contribution in [0.2, 0.25) is 0 Å². The summed E-state index contributed by atoms with van der Waals surface area (Å²) in [7, 11) is 0. The maximum Gasteiger partial charge on any atom is 0.256 e. The lowest BCUT2D eigenvalue weighted by Crippen LogP contribution is -2.13. The topological polar surface area (TPSA) is 46.4 Å². The number of amides is 1. The molecule has 0 fully saturated rings. The summed E-state index contributed by atoms with van der Waals surface area (Å²) in [5.41, 5.74) is 3.16. The highest BCUT2D eigenvalue weighted by Crippen LogP contribution is 2.29. The number of anilines is 1. The number of rotatable bonds is 3. The molecule has 0 atom stereocenters. The van der Waals surface area contributed by atoms with Crippen molar-refractivity contribution >= 4 is 38.7 Å². The van der Waals surface area contributed by atoms with Gasteiger partial charge in [0.15, 0.2) is 4.96 Å². The normalized spacial score (nSPS) is 11.1. The molecule has 1 amide bonds. The third kappa shape index (κ3) is 2.78. The molecule has 2 heterocycles. The summed E-state index contributed by atoms with van der Waals surface area (Å²) < 4.78 is 1.99. The van der Waals surface area contributed by atoms with Crippen LogP contribution in [0.25, 0.3) is 27.0 Å². The van der Waals surface area contributed by atoms with E-state index in [1.165, 1.54) is 0 Å². The van der Waals surface area contributed by atoms with Crippen LogP contribution in [0.5, 0.6) is 0 Å². The number of para-hydroxylation sites is 1.